The third-order valence-corrected chi connectivity index (χ3v) is 5.35. The highest BCUT2D eigenvalue weighted by atomic mass is 19.2. The van der Waals surface area contributed by atoms with Crippen LogP contribution in [-0.2, 0) is 11.3 Å². The maximum atomic E-state index is 15.3. The zero-order valence-corrected chi connectivity index (χ0v) is 18.8. The Morgan fingerprint density at radius 2 is 1.71 bits per heavy atom. The van der Waals surface area contributed by atoms with Crippen LogP contribution in [0.15, 0.2) is 67.1 Å². The highest BCUT2D eigenvalue weighted by Gasteiger charge is 2.27. The summed E-state index contributed by atoms with van der Waals surface area (Å²) >= 11 is 0. The minimum Gasteiger partial charge on any atom is -0.493 e. The van der Waals surface area contributed by atoms with Gasteiger partial charge in [0.1, 0.15) is 5.82 Å². The summed E-state index contributed by atoms with van der Waals surface area (Å²) in [5.74, 6) is -2.49. The lowest BCUT2D eigenvalue weighted by Crippen LogP contribution is -2.33. The zero-order chi connectivity index (χ0) is 24.9. The van der Waals surface area contributed by atoms with Gasteiger partial charge in [-0.2, -0.15) is 5.10 Å². The molecule has 2 heterocycles. The van der Waals surface area contributed by atoms with Gasteiger partial charge in [0.05, 0.1) is 26.6 Å². The summed E-state index contributed by atoms with van der Waals surface area (Å²) in [6.45, 7) is 0.140. The lowest BCUT2D eigenvalue weighted by molar-refractivity contribution is -0.123. The van der Waals surface area contributed by atoms with Crippen molar-refractivity contribution in [2.24, 2.45) is 0 Å². The number of methoxy groups -OCH3 is 2. The molecule has 2 aromatic heterocycles. The highest BCUT2D eigenvalue weighted by Crippen LogP contribution is 2.29. The Morgan fingerprint density at radius 3 is 2.37 bits per heavy atom. The molecular weight excluding hydrogens is 461 g/mol. The van der Waals surface area contributed by atoms with Gasteiger partial charge < -0.3 is 14.8 Å². The first-order chi connectivity index (χ1) is 16.9. The molecule has 1 atom stereocenters. The van der Waals surface area contributed by atoms with E-state index in [1.54, 1.807) is 18.3 Å². The molecule has 4 aromatic rings. The fraction of sp³-hybridized carbons (Fsp3) is 0.160. The Balaban J connectivity index is 1.65. The number of carbonyl (C=O) groups excluding carboxylic acids is 1. The molecule has 0 aliphatic carbocycles. The van der Waals surface area contributed by atoms with E-state index in [1.165, 1.54) is 49.5 Å². The molecule has 0 aliphatic rings. The number of rotatable bonds is 8. The van der Waals surface area contributed by atoms with E-state index in [2.05, 4.69) is 15.4 Å². The summed E-state index contributed by atoms with van der Waals surface area (Å²) in [4.78, 5) is 17.3. The third kappa shape index (κ3) is 5.26. The number of aromatic nitrogens is 3. The fourth-order valence-corrected chi connectivity index (χ4v) is 3.53. The van der Waals surface area contributed by atoms with Crippen LogP contribution >= 0.6 is 0 Å². The molecule has 0 saturated heterocycles. The normalized spacial score (nSPS) is 11.7. The van der Waals surface area contributed by atoms with Crippen molar-refractivity contribution in [3.8, 4) is 22.8 Å². The molecule has 7 nitrogen and oxygen atoms in total. The molecule has 35 heavy (non-hydrogen) atoms. The number of nitrogens with one attached hydrogen (secondary N) is 1. The first-order valence-electron chi connectivity index (χ1n) is 10.5. The summed E-state index contributed by atoms with van der Waals surface area (Å²) in [6.07, 6.45) is 4.43. The molecule has 0 saturated carbocycles. The topological polar surface area (TPSA) is 78.3 Å². The zero-order valence-electron chi connectivity index (χ0n) is 18.8. The Kier molecular flexibility index (Phi) is 7.00. The fourth-order valence-electron chi connectivity index (χ4n) is 3.53. The number of nitrogens with zero attached hydrogens (tertiary/aromatic N) is 3. The van der Waals surface area contributed by atoms with Crippen molar-refractivity contribution < 1.29 is 27.4 Å². The first-order valence-corrected chi connectivity index (χ1v) is 10.5. The van der Waals surface area contributed by atoms with Crippen molar-refractivity contribution in [3.63, 3.8) is 0 Å². The molecular formula is C25H21F3N4O3. The van der Waals surface area contributed by atoms with Gasteiger partial charge in [0.25, 0.3) is 0 Å². The smallest absolute Gasteiger partial charge is 0.249 e. The average Bonchev–Trinajstić information content (AvgIpc) is 3.34. The lowest BCUT2D eigenvalue weighted by atomic mass is 9.99. The number of ether oxygens (including phenoxy) is 2. The lowest BCUT2D eigenvalue weighted by Gasteiger charge is -2.19. The van der Waals surface area contributed by atoms with Crippen molar-refractivity contribution in [1.82, 2.24) is 20.1 Å². The molecule has 1 N–H and O–H groups in total. The van der Waals surface area contributed by atoms with Crippen LogP contribution in [-0.4, -0.2) is 34.9 Å². The van der Waals surface area contributed by atoms with E-state index in [-0.39, 0.29) is 12.1 Å². The van der Waals surface area contributed by atoms with Gasteiger partial charge >= 0.3 is 0 Å². The van der Waals surface area contributed by atoms with Crippen molar-refractivity contribution in [2.45, 2.75) is 12.6 Å². The van der Waals surface area contributed by atoms with Crippen LogP contribution in [0.4, 0.5) is 13.2 Å². The summed E-state index contributed by atoms with van der Waals surface area (Å²) < 4.78 is 53.8. The first kappa shape index (κ1) is 23.8. The monoisotopic (exact) mass is 482 g/mol. The minimum atomic E-state index is -1.17. The molecule has 0 radical (unpaired) electrons. The number of carbonyl (C=O) groups is 1. The standard InChI is InChI=1S/C25H21F3N4O3/c1-34-18-13-31-32(14-18)24(25(33)30-12-15-7-8-29-23(9-15)35-2)19-5-3-16(10-21(19)27)17-4-6-20(26)22(28)11-17/h3-11,13-14,24H,12H2,1-2H3,(H,30,33). The van der Waals surface area contributed by atoms with Crippen LogP contribution in [0.25, 0.3) is 11.1 Å². The van der Waals surface area contributed by atoms with Crippen LogP contribution in [0.2, 0.25) is 0 Å². The van der Waals surface area contributed by atoms with Gasteiger partial charge in [-0.1, -0.05) is 18.2 Å². The summed E-state index contributed by atoms with van der Waals surface area (Å²) in [5.41, 5.74) is 1.39. The third-order valence-electron chi connectivity index (χ3n) is 5.35. The van der Waals surface area contributed by atoms with Gasteiger partial charge in [-0.05, 0) is 41.0 Å². The number of pyridine rings is 1. The van der Waals surface area contributed by atoms with E-state index >= 15 is 4.39 Å². The van der Waals surface area contributed by atoms with Crippen molar-refractivity contribution in [1.29, 1.82) is 0 Å². The average molecular weight is 482 g/mol. The summed E-state index contributed by atoms with van der Waals surface area (Å²) in [5, 5.41) is 6.93. The van der Waals surface area contributed by atoms with Crippen LogP contribution in [0.1, 0.15) is 17.2 Å². The second-order valence-electron chi connectivity index (χ2n) is 7.55. The Labute approximate surface area is 199 Å². The van der Waals surface area contributed by atoms with E-state index in [9.17, 15) is 13.6 Å². The predicted octanol–water partition coefficient (Wildman–Crippen LogP) is 4.29. The van der Waals surface area contributed by atoms with Gasteiger partial charge in [-0.25, -0.2) is 18.2 Å². The van der Waals surface area contributed by atoms with Crippen molar-refractivity contribution in [3.05, 3.63) is 95.7 Å². The Hall–Kier alpha value is -4.34. The maximum absolute atomic E-state index is 15.3. The molecule has 10 heteroatoms. The van der Waals surface area contributed by atoms with Crippen LogP contribution in [0.5, 0.6) is 11.6 Å². The molecule has 1 unspecified atom stereocenters. The van der Waals surface area contributed by atoms with Crippen LogP contribution in [0, 0.1) is 17.5 Å². The number of amides is 1. The summed E-state index contributed by atoms with van der Waals surface area (Å²) in [6, 6.07) is 9.62. The minimum absolute atomic E-state index is 0.0342. The van der Waals surface area contributed by atoms with Gasteiger partial charge in [-0.15, -0.1) is 0 Å². The second-order valence-corrected chi connectivity index (χ2v) is 7.55. The van der Waals surface area contributed by atoms with Gasteiger partial charge in [0.15, 0.2) is 23.4 Å². The predicted molar refractivity (Wildman–Crippen MR) is 121 cm³/mol. The van der Waals surface area contributed by atoms with Crippen molar-refractivity contribution in [2.75, 3.05) is 14.2 Å². The number of hydrogen-bond donors (Lipinski definition) is 1. The van der Waals surface area contributed by atoms with Crippen molar-refractivity contribution >= 4 is 5.91 Å². The van der Waals surface area contributed by atoms with Gasteiger partial charge in [-0.3, -0.25) is 9.48 Å². The van der Waals surface area contributed by atoms with E-state index in [1.807, 2.05) is 0 Å². The number of halogens is 3. The number of benzene rings is 2. The summed E-state index contributed by atoms with van der Waals surface area (Å²) in [7, 11) is 2.93. The van der Waals surface area contributed by atoms with Crippen LogP contribution < -0.4 is 14.8 Å². The molecule has 1 amide bonds. The van der Waals surface area contributed by atoms with Crippen LogP contribution in [0.3, 0.4) is 0 Å². The van der Waals surface area contributed by atoms with E-state index < -0.39 is 29.4 Å². The van der Waals surface area contributed by atoms with Gasteiger partial charge in [0.2, 0.25) is 11.8 Å². The number of hydrogen-bond acceptors (Lipinski definition) is 5. The molecule has 0 fully saturated rings. The second kappa shape index (κ2) is 10.3. The highest BCUT2D eigenvalue weighted by molar-refractivity contribution is 5.84. The molecule has 180 valence electrons. The Bertz CT molecular complexity index is 1360. The molecule has 4 rings (SSSR count). The molecule has 0 bridgehead atoms. The maximum Gasteiger partial charge on any atom is 0.249 e. The molecule has 0 aliphatic heterocycles. The van der Waals surface area contributed by atoms with E-state index in [0.29, 0.717) is 22.8 Å². The van der Waals surface area contributed by atoms with Gasteiger partial charge in [0, 0.05) is 24.4 Å². The molecule has 0 spiro atoms. The molecule has 2 aromatic carbocycles. The van der Waals surface area contributed by atoms with E-state index in [0.717, 1.165) is 23.8 Å². The largest absolute Gasteiger partial charge is 0.493 e. The Morgan fingerprint density at radius 1 is 0.971 bits per heavy atom. The SMILES string of the molecule is COc1cnn(C(C(=O)NCc2ccnc(OC)c2)c2ccc(-c3ccc(F)c(F)c3)cc2F)c1. The quantitative estimate of drug-likeness (QED) is 0.406. The van der Waals surface area contributed by atoms with E-state index in [4.69, 9.17) is 9.47 Å².